The van der Waals surface area contributed by atoms with Crippen LogP contribution in [0.25, 0.3) is 0 Å². The Morgan fingerprint density at radius 3 is 1.90 bits per heavy atom. The van der Waals surface area contributed by atoms with E-state index in [1.165, 1.54) is 0 Å². The van der Waals surface area contributed by atoms with Crippen molar-refractivity contribution in [3.63, 3.8) is 0 Å². The van der Waals surface area contributed by atoms with Gasteiger partial charge in [0, 0.05) is 71.7 Å². The number of pyridine rings is 2. The normalized spacial score (nSPS) is 17.4. The molecule has 4 heterocycles. The van der Waals surface area contributed by atoms with Gasteiger partial charge in [-0.3, -0.25) is 9.59 Å². The van der Waals surface area contributed by atoms with E-state index in [1.54, 1.807) is 22.9 Å². The van der Waals surface area contributed by atoms with Gasteiger partial charge in [0.05, 0.1) is 5.56 Å². The molecule has 0 bridgehead atoms. The predicted molar refractivity (Wildman–Crippen MR) is 111 cm³/mol. The smallest absolute Gasteiger partial charge is 0.255 e. The van der Waals surface area contributed by atoms with Crippen molar-refractivity contribution >= 4 is 23.5 Å². The minimum Gasteiger partial charge on any atom is -0.353 e. The molecule has 2 aliphatic rings. The zero-order chi connectivity index (χ0) is 20.2. The maximum Gasteiger partial charge on any atom is 0.255 e. The predicted octanol–water partition coefficient (Wildman–Crippen LogP) is 1.11. The van der Waals surface area contributed by atoms with Gasteiger partial charge in [0.15, 0.2) is 0 Å². The van der Waals surface area contributed by atoms with Crippen molar-refractivity contribution < 1.29 is 9.59 Å². The molecule has 0 aromatic carbocycles. The summed E-state index contributed by atoms with van der Waals surface area (Å²) in [6.45, 7) is 7.38. The Kier molecular flexibility index (Phi) is 5.59. The van der Waals surface area contributed by atoms with Crippen LogP contribution < -0.4 is 9.80 Å². The summed E-state index contributed by atoms with van der Waals surface area (Å²) >= 11 is 0. The number of rotatable bonds is 3. The van der Waals surface area contributed by atoms with Crippen molar-refractivity contribution in [1.29, 1.82) is 0 Å². The number of nitrogens with zero attached hydrogens (tertiary/aromatic N) is 6. The molecular weight excluding hydrogens is 368 g/mol. The number of piperazine rings is 2. The zero-order valence-corrected chi connectivity index (χ0v) is 16.7. The number of anilines is 2. The highest BCUT2D eigenvalue weighted by Crippen LogP contribution is 2.18. The molecule has 4 rings (SSSR count). The zero-order valence-electron chi connectivity index (χ0n) is 16.7. The monoisotopic (exact) mass is 394 g/mol. The first-order valence-electron chi connectivity index (χ1n) is 10.0. The van der Waals surface area contributed by atoms with Gasteiger partial charge in [0.1, 0.15) is 11.6 Å². The molecule has 0 aliphatic carbocycles. The average Bonchev–Trinajstić information content (AvgIpc) is 2.79. The largest absolute Gasteiger partial charge is 0.353 e. The van der Waals surface area contributed by atoms with Gasteiger partial charge in [-0.2, -0.15) is 0 Å². The van der Waals surface area contributed by atoms with Crippen LogP contribution >= 0.6 is 0 Å². The molecule has 0 unspecified atom stereocenters. The maximum absolute atomic E-state index is 12.7. The summed E-state index contributed by atoms with van der Waals surface area (Å²) < 4.78 is 0. The minimum absolute atomic E-state index is 0.0211. The Balaban J connectivity index is 1.33. The van der Waals surface area contributed by atoms with Crippen molar-refractivity contribution in [3.05, 3.63) is 48.3 Å². The average molecular weight is 394 g/mol. The number of carbonyl (C=O) groups is 2. The highest BCUT2D eigenvalue weighted by atomic mass is 16.2. The molecule has 152 valence electrons. The molecule has 8 nitrogen and oxygen atoms in total. The standard InChI is InChI=1S/C21H26N6O2/c1-17(28)24-8-14-27(15-9-24)21(29)18-5-6-20(23-16-18)26-12-10-25(11-13-26)19-4-2-3-7-22-19/h2-7,16H,8-15H2,1H3. The first kappa shape index (κ1) is 19.2. The van der Waals surface area contributed by atoms with Crippen molar-refractivity contribution in [2.75, 3.05) is 62.2 Å². The summed E-state index contributed by atoms with van der Waals surface area (Å²) in [5.41, 5.74) is 0.595. The van der Waals surface area contributed by atoms with E-state index in [0.29, 0.717) is 31.7 Å². The molecule has 0 N–H and O–H groups in total. The lowest BCUT2D eigenvalue weighted by Crippen LogP contribution is -2.50. The topological polar surface area (TPSA) is 72.9 Å². The van der Waals surface area contributed by atoms with E-state index in [4.69, 9.17) is 0 Å². The van der Waals surface area contributed by atoms with Crippen LogP contribution in [-0.4, -0.2) is 83.9 Å². The van der Waals surface area contributed by atoms with Crippen LogP contribution in [0.4, 0.5) is 11.6 Å². The van der Waals surface area contributed by atoms with Crippen LogP contribution in [0.3, 0.4) is 0 Å². The fourth-order valence-electron chi connectivity index (χ4n) is 3.81. The highest BCUT2D eigenvalue weighted by molar-refractivity contribution is 5.94. The summed E-state index contributed by atoms with van der Waals surface area (Å²) in [6, 6.07) is 9.74. The van der Waals surface area contributed by atoms with E-state index in [0.717, 1.165) is 37.8 Å². The van der Waals surface area contributed by atoms with Crippen LogP contribution in [0.15, 0.2) is 42.7 Å². The summed E-state index contributed by atoms with van der Waals surface area (Å²) in [5.74, 6) is 1.94. The van der Waals surface area contributed by atoms with Crippen molar-refractivity contribution in [2.45, 2.75) is 6.92 Å². The Bertz CT molecular complexity index is 841. The Morgan fingerprint density at radius 2 is 1.38 bits per heavy atom. The summed E-state index contributed by atoms with van der Waals surface area (Å²) in [5, 5.41) is 0. The summed E-state index contributed by atoms with van der Waals surface area (Å²) in [6.07, 6.45) is 3.49. The van der Waals surface area contributed by atoms with Crippen LogP contribution in [0.2, 0.25) is 0 Å². The minimum atomic E-state index is -0.0211. The lowest BCUT2D eigenvalue weighted by atomic mass is 10.2. The number of aromatic nitrogens is 2. The number of carbonyl (C=O) groups excluding carboxylic acids is 2. The van der Waals surface area contributed by atoms with E-state index in [-0.39, 0.29) is 11.8 Å². The van der Waals surface area contributed by atoms with E-state index in [1.807, 2.05) is 36.5 Å². The Morgan fingerprint density at radius 1 is 0.759 bits per heavy atom. The third-order valence-corrected chi connectivity index (χ3v) is 5.58. The van der Waals surface area contributed by atoms with E-state index < -0.39 is 0 Å². The molecule has 2 aromatic rings. The van der Waals surface area contributed by atoms with Gasteiger partial charge in [-0.15, -0.1) is 0 Å². The molecule has 0 atom stereocenters. The van der Waals surface area contributed by atoms with Crippen molar-refractivity contribution in [1.82, 2.24) is 19.8 Å². The van der Waals surface area contributed by atoms with Gasteiger partial charge >= 0.3 is 0 Å². The molecule has 0 radical (unpaired) electrons. The Hall–Kier alpha value is -3.16. The SMILES string of the molecule is CC(=O)N1CCN(C(=O)c2ccc(N3CCN(c4ccccn4)CC3)nc2)CC1. The van der Waals surface area contributed by atoms with Gasteiger partial charge in [-0.1, -0.05) is 6.07 Å². The fourth-order valence-corrected chi connectivity index (χ4v) is 3.81. The van der Waals surface area contributed by atoms with Crippen molar-refractivity contribution in [3.8, 4) is 0 Å². The second-order valence-corrected chi connectivity index (χ2v) is 7.37. The number of hydrogen-bond acceptors (Lipinski definition) is 6. The maximum atomic E-state index is 12.7. The lowest BCUT2D eigenvalue weighted by Gasteiger charge is -2.36. The van der Waals surface area contributed by atoms with Crippen LogP contribution in [-0.2, 0) is 4.79 Å². The fraction of sp³-hybridized carbons (Fsp3) is 0.429. The van der Waals surface area contributed by atoms with E-state index >= 15 is 0 Å². The molecular formula is C21H26N6O2. The second-order valence-electron chi connectivity index (χ2n) is 7.37. The third-order valence-electron chi connectivity index (χ3n) is 5.58. The highest BCUT2D eigenvalue weighted by Gasteiger charge is 2.24. The first-order valence-corrected chi connectivity index (χ1v) is 10.0. The molecule has 0 saturated carbocycles. The number of amides is 2. The lowest BCUT2D eigenvalue weighted by molar-refractivity contribution is -0.130. The number of hydrogen-bond donors (Lipinski definition) is 0. The molecule has 2 amide bonds. The second kappa shape index (κ2) is 8.46. The van der Waals surface area contributed by atoms with Crippen LogP contribution in [0.5, 0.6) is 0 Å². The van der Waals surface area contributed by atoms with Gasteiger partial charge in [0.25, 0.3) is 5.91 Å². The molecule has 8 heteroatoms. The van der Waals surface area contributed by atoms with Gasteiger partial charge in [-0.25, -0.2) is 9.97 Å². The van der Waals surface area contributed by atoms with E-state index in [2.05, 4.69) is 19.8 Å². The van der Waals surface area contributed by atoms with Gasteiger partial charge < -0.3 is 19.6 Å². The summed E-state index contributed by atoms with van der Waals surface area (Å²) in [7, 11) is 0. The van der Waals surface area contributed by atoms with Crippen LogP contribution in [0.1, 0.15) is 17.3 Å². The van der Waals surface area contributed by atoms with Gasteiger partial charge in [-0.05, 0) is 24.3 Å². The van der Waals surface area contributed by atoms with E-state index in [9.17, 15) is 9.59 Å². The quantitative estimate of drug-likeness (QED) is 0.777. The molecule has 2 aromatic heterocycles. The third kappa shape index (κ3) is 4.31. The summed E-state index contributed by atoms with van der Waals surface area (Å²) in [4.78, 5) is 41.2. The molecule has 2 aliphatic heterocycles. The Labute approximate surface area is 170 Å². The van der Waals surface area contributed by atoms with Crippen molar-refractivity contribution in [2.24, 2.45) is 0 Å². The molecule has 0 spiro atoms. The molecule has 29 heavy (non-hydrogen) atoms. The first-order chi connectivity index (χ1) is 14.1. The van der Waals surface area contributed by atoms with Crippen LogP contribution in [0, 0.1) is 0 Å². The van der Waals surface area contributed by atoms with Gasteiger partial charge in [0.2, 0.25) is 5.91 Å². The molecule has 2 fully saturated rings. The molecule has 2 saturated heterocycles.